The summed E-state index contributed by atoms with van der Waals surface area (Å²) in [5.41, 5.74) is 0.640. The number of hydrogen-bond donors (Lipinski definition) is 0. The zero-order valence-corrected chi connectivity index (χ0v) is 12.9. The van der Waals surface area contributed by atoms with E-state index in [4.69, 9.17) is 4.74 Å². The van der Waals surface area contributed by atoms with Crippen LogP contribution >= 0.6 is 0 Å². The number of ether oxygens (including phenoxy) is 1. The quantitative estimate of drug-likeness (QED) is 0.432. The van der Waals surface area contributed by atoms with Gasteiger partial charge in [-0.05, 0) is 24.5 Å². The van der Waals surface area contributed by atoms with Crippen LogP contribution in [0.4, 0.5) is 0 Å². The minimum atomic E-state index is -0.206. The smallest absolute Gasteiger partial charge is 0.338 e. The van der Waals surface area contributed by atoms with Crippen LogP contribution in [-0.2, 0) is 4.74 Å². The maximum absolute atomic E-state index is 11.7. The van der Waals surface area contributed by atoms with Crippen molar-refractivity contribution in [3.05, 3.63) is 35.9 Å². The van der Waals surface area contributed by atoms with Gasteiger partial charge in [0.05, 0.1) is 12.2 Å². The predicted octanol–water partition coefficient (Wildman–Crippen LogP) is 5.23. The average Bonchev–Trinajstić information content (AvgIpc) is 2.47. The van der Waals surface area contributed by atoms with Crippen LogP contribution in [0.1, 0.15) is 69.2 Å². The van der Waals surface area contributed by atoms with Crippen molar-refractivity contribution in [2.24, 2.45) is 5.92 Å². The van der Waals surface area contributed by atoms with Crippen molar-refractivity contribution in [1.82, 2.24) is 0 Å². The Hall–Kier alpha value is -1.31. The molecule has 0 aliphatic rings. The second kappa shape index (κ2) is 10.5. The lowest BCUT2D eigenvalue weighted by Crippen LogP contribution is -2.06. The number of unbranched alkanes of at least 4 members (excludes halogenated alkanes) is 3. The molecule has 0 saturated carbocycles. The van der Waals surface area contributed by atoms with Crippen molar-refractivity contribution >= 4 is 5.97 Å². The Balaban J connectivity index is 1.99. The molecule has 2 heteroatoms. The first-order chi connectivity index (χ1) is 9.74. The summed E-state index contributed by atoms with van der Waals surface area (Å²) in [6.07, 6.45) is 8.63. The summed E-state index contributed by atoms with van der Waals surface area (Å²) in [6, 6.07) is 9.19. The first kappa shape index (κ1) is 16.7. The lowest BCUT2D eigenvalue weighted by molar-refractivity contribution is 0.0497. The van der Waals surface area contributed by atoms with E-state index in [-0.39, 0.29) is 5.97 Å². The summed E-state index contributed by atoms with van der Waals surface area (Å²) in [4.78, 5) is 11.7. The number of esters is 1. The molecule has 1 atom stereocenters. The molecule has 112 valence electrons. The number of hydrogen-bond acceptors (Lipinski definition) is 2. The average molecular weight is 276 g/mol. The van der Waals surface area contributed by atoms with E-state index in [9.17, 15) is 4.79 Å². The first-order valence-electron chi connectivity index (χ1n) is 7.96. The fourth-order valence-electron chi connectivity index (χ4n) is 2.41. The van der Waals surface area contributed by atoms with Crippen molar-refractivity contribution in [3.8, 4) is 0 Å². The molecule has 0 bridgehead atoms. The number of rotatable bonds is 10. The minimum absolute atomic E-state index is 0.206. The van der Waals surface area contributed by atoms with Gasteiger partial charge in [0.25, 0.3) is 0 Å². The van der Waals surface area contributed by atoms with Gasteiger partial charge in [-0.15, -0.1) is 0 Å². The van der Waals surface area contributed by atoms with E-state index >= 15 is 0 Å². The molecular formula is C18H28O2. The lowest BCUT2D eigenvalue weighted by atomic mass is 9.98. The highest BCUT2D eigenvalue weighted by molar-refractivity contribution is 5.89. The molecule has 1 rings (SSSR count). The molecule has 1 unspecified atom stereocenters. The van der Waals surface area contributed by atoms with Crippen LogP contribution in [0.15, 0.2) is 30.3 Å². The van der Waals surface area contributed by atoms with Crippen molar-refractivity contribution < 1.29 is 9.53 Å². The Labute approximate surface area is 123 Å². The monoisotopic (exact) mass is 276 g/mol. The van der Waals surface area contributed by atoms with Gasteiger partial charge in [-0.25, -0.2) is 4.79 Å². The minimum Gasteiger partial charge on any atom is -0.462 e. The fourth-order valence-corrected chi connectivity index (χ4v) is 2.41. The van der Waals surface area contributed by atoms with Gasteiger partial charge in [0.2, 0.25) is 0 Å². The van der Waals surface area contributed by atoms with E-state index in [1.165, 1.54) is 32.1 Å². The van der Waals surface area contributed by atoms with E-state index in [1.54, 1.807) is 12.1 Å². The molecule has 0 radical (unpaired) electrons. The predicted molar refractivity (Wildman–Crippen MR) is 83.9 cm³/mol. The van der Waals surface area contributed by atoms with Crippen LogP contribution in [0.2, 0.25) is 0 Å². The van der Waals surface area contributed by atoms with Crippen LogP contribution in [0.5, 0.6) is 0 Å². The SMILES string of the molecule is CCCC(C)CCCCCCOC(=O)c1ccccc1. The van der Waals surface area contributed by atoms with Gasteiger partial charge in [0.15, 0.2) is 0 Å². The van der Waals surface area contributed by atoms with Gasteiger partial charge in [0.1, 0.15) is 0 Å². The van der Waals surface area contributed by atoms with Gasteiger partial charge < -0.3 is 4.74 Å². The van der Waals surface area contributed by atoms with Crippen LogP contribution in [0, 0.1) is 5.92 Å². The summed E-state index contributed by atoms with van der Waals surface area (Å²) in [6.45, 7) is 5.13. The molecule has 2 nitrogen and oxygen atoms in total. The normalized spacial score (nSPS) is 12.1. The molecule has 0 N–H and O–H groups in total. The van der Waals surface area contributed by atoms with Crippen molar-refractivity contribution in [3.63, 3.8) is 0 Å². The molecule has 0 aromatic heterocycles. The van der Waals surface area contributed by atoms with Crippen molar-refractivity contribution in [2.75, 3.05) is 6.61 Å². The Kier molecular flexibility index (Phi) is 8.77. The lowest BCUT2D eigenvalue weighted by Gasteiger charge is -2.09. The van der Waals surface area contributed by atoms with Crippen molar-refractivity contribution in [1.29, 1.82) is 0 Å². The molecule has 1 aromatic rings. The van der Waals surface area contributed by atoms with E-state index in [1.807, 2.05) is 18.2 Å². The molecule has 0 aliphatic heterocycles. The zero-order chi connectivity index (χ0) is 14.6. The standard InChI is InChI=1S/C18H28O2/c1-3-11-16(2)12-7-4-5-10-15-20-18(19)17-13-8-6-9-14-17/h6,8-9,13-14,16H,3-5,7,10-12,15H2,1-2H3. The topological polar surface area (TPSA) is 26.3 Å². The summed E-state index contributed by atoms with van der Waals surface area (Å²) >= 11 is 0. The van der Waals surface area contributed by atoms with Crippen LogP contribution in [-0.4, -0.2) is 12.6 Å². The van der Waals surface area contributed by atoms with Gasteiger partial charge in [-0.1, -0.05) is 70.6 Å². The van der Waals surface area contributed by atoms with Gasteiger partial charge >= 0.3 is 5.97 Å². The second-order valence-corrected chi connectivity index (χ2v) is 5.60. The highest BCUT2D eigenvalue weighted by Crippen LogP contribution is 2.15. The summed E-state index contributed by atoms with van der Waals surface area (Å²) in [5, 5.41) is 0. The molecule has 0 aliphatic carbocycles. The zero-order valence-electron chi connectivity index (χ0n) is 12.9. The van der Waals surface area contributed by atoms with Crippen LogP contribution in [0.25, 0.3) is 0 Å². The number of carbonyl (C=O) groups is 1. The second-order valence-electron chi connectivity index (χ2n) is 5.60. The summed E-state index contributed by atoms with van der Waals surface area (Å²) < 4.78 is 5.26. The number of carbonyl (C=O) groups excluding carboxylic acids is 1. The molecule has 0 amide bonds. The third-order valence-corrected chi connectivity index (χ3v) is 3.62. The fraction of sp³-hybridized carbons (Fsp3) is 0.611. The van der Waals surface area contributed by atoms with E-state index < -0.39 is 0 Å². The van der Waals surface area contributed by atoms with E-state index in [0.717, 1.165) is 18.8 Å². The Morgan fingerprint density at radius 1 is 1.05 bits per heavy atom. The third kappa shape index (κ3) is 7.32. The molecular weight excluding hydrogens is 248 g/mol. The first-order valence-corrected chi connectivity index (χ1v) is 7.96. The largest absolute Gasteiger partial charge is 0.462 e. The third-order valence-electron chi connectivity index (χ3n) is 3.62. The maximum atomic E-state index is 11.7. The molecule has 0 saturated heterocycles. The Morgan fingerprint density at radius 3 is 2.45 bits per heavy atom. The molecule has 1 aromatic carbocycles. The molecule has 0 spiro atoms. The maximum Gasteiger partial charge on any atom is 0.338 e. The highest BCUT2D eigenvalue weighted by Gasteiger charge is 2.05. The molecule has 0 fully saturated rings. The van der Waals surface area contributed by atoms with E-state index in [0.29, 0.717) is 12.2 Å². The number of benzene rings is 1. The molecule has 0 heterocycles. The summed E-state index contributed by atoms with van der Waals surface area (Å²) in [7, 11) is 0. The Morgan fingerprint density at radius 2 is 1.75 bits per heavy atom. The van der Waals surface area contributed by atoms with Crippen LogP contribution < -0.4 is 0 Å². The summed E-state index contributed by atoms with van der Waals surface area (Å²) in [5.74, 6) is 0.651. The van der Waals surface area contributed by atoms with Gasteiger partial charge in [-0.2, -0.15) is 0 Å². The highest BCUT2D eigenvalue weighted by atomic mass is 16.5. The Bertz CT molecular complexity index is 359. The van der Waals surface area contributed by atoms with Crippen LogP contribution in [0.3, 0.4) is 0 Å². The van der Waals surface area contributed by atoms with Gasteiger partial charge in [0, 0.05) is 0 Å². The van der Waals surface area contributed by atoms with Gasteiger partial charge in [-0.3, -0.25) is 0 Å². The van der Waals surface area contributed by atoms with E-state index in [2.05, 4.69) is 13.8 Å². The van der Waals surface area contributed by atoms with Crippen molar-refractivity contribution in [2.45, 2.75) is 58.8 Å². The molecule has 20 heavy (non-hydrogen) atoms.